The van der Waals surface area contributed by atoms with Crippen molar-refractivity contribution < 1.29 is 134 Å². The Kier molecular flexibility index (Phi) is 19.8. The number of carbonyl (C=O) groups excluding carboxylic acids is 2. The molecule has 23 atom stereocenters. The first kappa shape index (κ1) is 57.0. The summed E-state index contributed by atoms with van der Waals surface area (Å²) in [6.07, 6.45) is -30.3. The van der Waals surface area contributed by atoms with E-state index in [1.165, 1.54) is 6.08 Å². The molecule has 3 saturated carbocycles. The van der Waals surface area contributed by atoms with Crippen molar-refractivity contribution in [2.45, 2.75) is 211 Å². The number of aliphatic hydroxyl groups is 16. The van der Waals surface area contributed by atoms with E-state index in [4.69, 9.17) is 47.7 Å². The van der Waals surface area contributed by atoms with Crippen molar-refractivity contribution in [3.63, 3.8) is 0 Å². The van der Waals surface area contributed by atoms with E-state index in [-0.39, 0.29) is 38.0 Å². The molecule has 7 aliphatic rings. The average Bonchev–Trinajstić information content (AvgIpc) is 3.34. The van der Waals surface area contributed by atoms with Crippen LogP contribution in [0, 0.1) is 17.8 Å². The van der Waals surface area contributed by atoms with E-state index in [0.29, 0.717) is 25.7 Å². The van der Waals surface area contributed by atoms with Crippen LogP contribution in [0.5, 0.6) is 0 Å². The zero-order valence-corrected chi connectivity index (χ0v) is 39.1. The Morgan fingerprint density at radius 3 is 1.62 bits per heavy atom. The first-order valence-electron chi connectivity index (χ1n) is 24.4. The number of allylic oxidation sites excluding steroid dienone is 1. The maximum Gasteiger partial charge on any atom is 0.330 e. The number of aliphatic hydroxyl groups excluding tert-OH is 14. The lowest BCUT2D eigenvalue weighted by Gasteiger charge is -2.50. The highest BCUT2D eigenvalue weighted by Crippen LogP contribution is 2.44. The fraction of sp³-hybridized carbons (Fsp3) is 0.889. The first-order chi connectivity index (χ1) is 34.1. The van der Waals surface area contributed by atoms with E-state index < -0.39 is 203 Å². The van der Waals surface area contributed by atoms with Crippen molar-refractivity contribution >= 4 is 17.9 Å². The molecule has 0 aromatic heterocycles. The average molecular weight is 1040 g/mol. The Morgan fingerprint density at radius 2 is 1.07 bits per heavy atom. The van der Waals surface area contributed by atoms with Crippen LogP contribution in [0.1, 0.15) is 64.2 Å². The summed E-state index contributed by atoms with van der Waals surface area (Å²) in [5.41, 5.74) is 0. The van der Waals surface area contributed by atoms with Gasteiger partial charge < -0.3 is 119 Å². The fourth-order valence-electron chi connectivity index (χ4n) is 10.9. The van der Waals surface area contributed by atoms with Crippen LogP contribution in [0.15, 0.2) is 12.2 Å². The number of hydrogen-bond acceptors (Lipinski definition) is 25. The molecule has 4 heterocycles. The topological polar surface area (TPSA) is 441 Å². The highest BCUT2D eigenvalue weighted by molar-refractivity contribution is 5.90. The molecule has 3 aliphatic carbocycles. The van der Waals surface area contributed by atoms with Crippen molar-refractivity contribution in [1.82, 2.24) is 0 Å². The minimum absolute atomic E-state index is 0.0246. The van der Waals surface area contributed by atoms with Crippen LogP contribution in [0.3, 0.4) is 0 Å². The van der Waals surface area contributed by atoms with Crippen LogP contribution in [0.25, 0.3) is 0 Å². The SMILES string of the molecule is O=C(O)CC(=O)OC[C@H]1O[C@@H](OC2CC(O)CC3[OH+]C(C4CC(O)C(O)C(O)C4)C(O[C@@H]4O[C@H](COC(=O)C=CC5CCC(O[C@@H]6O[C@H](CO)[C@@H](O)[C@H](O)[C@H]6O)CC5)[C@@H](O)[C@H](O)[C@H]4O)CC23)[C@H](O)[C@@H](O)[C@@H]1O. The number of carbonyl (C=O) groups is 3. The highest BCUT2D eigenvalue weighted by atomic mass is 16.7. The summed E-state index contributed by atoms with van der Waals surface area (Å²) in [6, 6.07) is 0. The van der Waals surface area contributed by atoms with Crippen molar-refractivity contribution in [2.24, 2.45) is 17.8 Å². The van der Waals surface area contributed by atoms with E-state index in [1.54, 1.807) is 6.08 Å². The van der Waals surface area contributed by atoms with Crippen molar-refractivity contribution in [3.8, 4) is 0 Å². The van der Waals surface area contributed by atoms with E-state index in [0.717, 1.165) is 0 Å². The summed E-state index contributed by atoms with van der Waals surface area (Å²) in [5.74, 6) is -4.94. The summed E-state index contributed by atoms with van der Waals surface area (Å²) in [7, 11) is 0. The predicted octanol–water partition coefficient (Wildman–Crippen LogP) is -7.20. The third-order valence-corrected chi connectivity index (χ3v) is 15.0. The molecule has 72 heavy (non-hydrogen) atoms. The molecule has 8 unspecified atom stereocenters. The van der Waals surface area contributed by atoms with Gasteiger partial charge in [0.15, 0.2) is 31.1 Å². The molecule has 16 N–H and O–H groups in total. The number of ether oxygens (including phenoxy) is 9. The third kappa shape index (κ3) is 13.5. The van der Waals surface area contributed by atoms with Gasteiger partial charge in [0.1, 0.15) is 105 Å². The van der Waals surface area contributed by atoms with Gasteiger partial charge in [-0.15, -0.1) is 0 Å². The summed E-state index contributed by atoms with van der Waals surface area (Å²) in [4.78, 5) is 35.8. The van der Waals surface area contributed by atoms with Gasteiger partial charge in [-0.3, -0.25) is 9.59 Å². The van der Waals surface area contributed by atoms with Crippen molar-refractivity contribution in [2.75, 3.05) is 19.8 Å². The molecule has 0 aromatic rings. The number of esters is 2. The Morgan fingerprint density at radius 1 is 0.556 bits per heavy atom. The zero-order valence-electron chi connectivity index (χ0n) is 39.1. The van der Waals surface area contributed by atoms with Crippen LogP contribution in [-0.2, 0) is 52.3 Å². The van der Waals surface area contributed by atoms with Crippen LogP contribution in [0.4, 0.5) is 0 Å². The van der Waals surface area contributed by atoms with Crippen LogP contribution >= 0.6 is 0 Å². The molecule has 0 bridgehead atoms. The molecule has 4 aliphatic heterocycles. The lowest BCUT2D eigenvalue weighted by atomic mass is 9.72. The van der Waals surface area contributed by atoms with Gasteiger partial charge in [0.2, 0.25) is 0 Å². The predicted molar refractivity (Wildman–Crippen MR) is 231 cm³/mol. The van der Waals surface area contributed by atoms with Gasteiger partial charge in [0.25, 0.3) is 0 Å². The van der Waals surface area contributed by atoms with Gasteiger partial charge >= 0.3 is 17.9 Å². The number of hydrogen-bond donors (Lipinski definition) is 15. The maximum atomic E-state index is 12.9. The Bertz CT molecular complexity index is 1790. The molecule has 7 fully saturated rings. The first-order valence-corrected chi connectivity index (χ1v) is 24.4. The second-order valence-corrected chi connectivity index (χ2v) is 20.1. The Balaban J connectivity index is 0.988. The number of rotatable bonds is 16. The van der Waals surface area contributed by atoms with Crippen LogP contribution < -0.4 is 0 Å². The summed E-state index contributed by atoms with van der Waals surface area (Å²) in [5, 5.41) is 157. The molecule has 0 aromatic carbocycles. The van der Waals surface area contributed by atoms with Gasteiger partial charge in [0.05, 0.1) is 43.0 Å². The van der Waals surface area contributed by atoms with Gasteiger partial charge in [0, 0.05) is 24.8 Å². The van der Waals surface area contributed by atoms with E-state index >= 15 is 0 Å². The largest absolute Gasteiger partial charge is 0.481 e. The number of carboxylic acids is 1. The standard InChI is InChI=1S/C45H70O27/c46-13-26-33(55)36(58)39(61)43(70-26)66-19-4-1-16(2-5-19)3-6-30(52)64-14-27-34(56)38(60)41(63)45(72-27)69-25-11-20-23(67-42(25)17-7-21(48)32(54)22(49)8-17)9-18(47)10-24(20)68-44-40(62)37(59)35(57)28(71-44)15-65-31(53)12-29(50)51/h3,6,16-28,32-49,54-63H,1-2,4-5,7-15H2,(H,50,51)/p+1/t16?,17?,18?,19?,20?,21?,22?,23?,24?,25?,26-,27-,28-,32?,33-,34-,35-,36+,37+,38+,39-,40-,41-,42?,43-,44-,45-/m1/s1. The Hall–Kier alpha value is -2.69. The Labute approximate surface area is 411 Å². The van der Waals surface area contributed by atoms with Gasteiger partial charge in [-0.05, 0) is 50.9 Å². The fourth-order valence-corrected chi connectivity index (χ4v) is 10.9. The monoisotopic (exact) mass is 1040 g/mol. The molecular weight excluding hydrogens is 972 g/mol. The molecule has 7 rings (SSSR count). The summed E-state index contributed by atoms with van der Waals surface area (Å²) >= 11 is 0. The second kappa shape index (κ2) is 25.0. The lowest BCUT2D eigenvalue weighted by Crippen LogP contribution is -2.64. The van der Waals surface area contributed by atoms with E-state index in [9.17, 15) is 85.9 Å². The number of fused-ring (bicyclic) bond motifs is 1. The van der Waals surface area contributed by atoms with Gasteiger partial charge in [-0.1, -0.05) is 6.08 Å². The van der Waals surface area contributed by atoms with Crippen LogP contribution in [0.2, 0.25) is 0 Å². The second-order valence-electron chi connectivity index (χ2n) is 20.1. The quantitative estimate of drug-likeness (QED) is 0.0296. The lowest BCUT2D eigenvalue weighted by molar-refractivity contribution is -0.368. The molecule has 412 valence electrons. The summed E-state index contributed by atoms with van der Waals surface area (Å²) in [6.45, 7) is -1.94. The maximum absolute atomic E-state index is 12.9. The molecular formula is C45H71O27+. The third-order valence-electron chi connectivity index (χ3n) is 15.0. The normalized spacial score (nSPS) is 48.1. The van der Waals surface area contributed by atoms with E-state index in [2.05, 4.69) is 0 Å². The highest BCUT2D eigenvalue weighted by Gasteiger charge is 2.57. The molecule has 0 amide bonds. The van der Waals surface area contributed by atoms with Gasteiger partial charge in [-0.25, -0.2) is 4.79 Å². The molecule has 0 spiro atoms. The van der Waals surface area contributed by atoms with Crippen molar-refractivity contribution in [1.29, 1.82) is 0 Å². The summed E-state index contributed by atoms with van der Waals surface area (Å²) < 4.78 is 50.8. The molecule has 27 nitrogen and oxygen atoms in total. The van der Waals surface area contributed by atoms with Crippen LogP contribution in [-0.4, -0.2) is 266 Å². The number of aliphatic carboxylic acids is 1. The minimum atomic E-state index is -1.90. The van der Waals surface area contributed by atoms with Gasteiger partial charge in [-0.2, -0.15) is 0 Å². The molecule has 27 heteroatoms. The molecule has 0 radical (unpaired) electrons. The zero-order chi connectivity index (χ0) is 52.3. The molecule has 4 saturated heterocycles. The van der Waals surface area contributed by atoms with E-state index in [1.807, 2.05) is 0 Å². The number of carboxylic acid groups (broad SMARTS) is 1. The smallest absolute Gasteiger partial charge is 0.330 e. The van der Waals surface area contributed by atoms with Crippen molar-refractivity contribution in [3.05, 3.63) is 12.2 Å². The minimum Gasteiger partial charge on any atom is -0.481 e.